The molecular weight excluding hydrogens is 257 g/mol. The van der Waals surface area contributed by atoms with Crippen molar-refractivity contribution in [2.45, 2.75) is 0 Å². The second kappa shape index (κ2) is 5.01. The van der Waals surface area contributed by atoms with Gasteiger partial charge in [0.2, 0.25) is 0 Å². The van der Waals surface area contributed by atoms with E-state index < -0.39 is 23.4 Å². The number of amides is 1. The zero-order valence-corrected chi connectivity index (χ0v) is 9.58. The number of nitrogens with two attached hydrogens (primary N) is 1. The van der Waals surface area contributed by atoms with E-state index in [1.807, 2.05) is 0 Å². The summed E-state index contributed by atoms with van der Waals surface area (Å²) in [4.78, 5) is 11.8. The Kier molecular flexibility index (Phi) is 3.41. The molecule has 0 saturated carbocycles. The third kappa shape index (κ3) is 3.04. The normalized spacial score (nSPS) is 10.3. The molecule has 0 aromatic heterocycles. The molecule has 98 valence electrons. The molecule has 0 unspecified atom stereocenters. The van der Waals surface area contributed by atoms with Gasteiger partial charge in [-0.15, -0.1) is 0 Å². The first-order valence-corrected chi connectivity index (χ1v) is 5.28. The second-order valence-corrected chi connectivity index (χ2v) is 3.84. The van der Waals surface area contributed by atoms with Crippen LogP contribution in [0.4, 0.5) is 24.5 Å². The van der Waals surface area contributed by atoms with Crippen LogP contribution in [0.5, 0.6) is 0 Å². The maximum Gasteiger partial charge on any atom is 0.257 e. The predicted octanol–water partition coefficient (Wildman–Crippen LogP) is 2.94. The summed E-state index contributed by atoms with van der Waals surface area (Å²) < 4.78 is 38.9. The predicted molar refractivity (Wildman–Crippen MR) is 65.1 cm³/mol. The molecule has 1 amide bonds. The van der Waals surface area contributed by atoms with Gasteiger partial charge in [-0.3, -0.25) is 4.79 Å². The lowest BCUT2D eigenvalue weighted by Crippen LogP contribution is -2.14. The minimum absolute atomic E-state index is 0.0655. The van der Waals surface area contributed by atoms with E-state index in [0.717, 1.165) is 24.3 Å². The number of nitrogens with one attached hydrogen (secondary N) is 1. The lowest BCUT2D eigenvalue weighted by Gasteiger charge is -2.08. The summed E-state index contributed by atoms with van der Waals surface area (Å²) in [5.41, 5.74) is 5.41. The number of carbonyl (C=O) groups excluding carboxylic acids is 1. The number of rotatable bonds is 2. The Bertz CT molecular complexity index is 624. The van der Waals surface area contributed by atoms with Crippen LogP contribution in [0.2, 0.25) is 0 Å². The highest BCUT2D eigenvalue weighted by atomic mass is 19.1. The smallest absolute Gasteiger partial charge is 0.257 e. The van der Waals surface area contributed by atoms with E-state index in [0.29, 0.717) is 6.07 Å². The summed E-state index contributed by atoms with van der Waals surface area (Å²) >= 11 is 0. The van der Waals surface area contributed by atoms with E-state index in [9.17, 15) is 18.0 Å². The number of halogens is 3. The fraction of sp³-hybridized carbons (Fsp3) is 0. The van der Waals surface area contributed by atoms with E-state index >= 15 is 0 Å². The van der Waals surface area contributed by atoms with Crippen LogP contribution in [-0.4, -0.2) is 5.91 Å². The molecule has 2 aromatic rings. The van der Waals surface area contributed by atoms with Crippen LogP contribution < -0.4 is 11.1 Å². The number of carbonyl (C=O) groups is 1. The van der Waals surface area contributed by atoms with E-state index in [1.54, 1.807) is 0 Å². The van der Waals surface area contributed by atoms with Crippen molar-refractivity contribution < 1.29 is 18.0 Å². The monoisotopic (exact) mass is 266 g/mol. The number of anilines is 2. The SMILES string of the molecule is Nc1ccc(F)cc1C(=O)Nc1cc(F)cc(F)c1. The lowest BCUT2D eigenvalue weighted by molar-refractivity contribution is 0.102. The van der Waals surface area contributed by atoms with Gasteiger partial charge in [0.05, 0.1) is 5.56 Å². The average Bonchev–Trinajstić information content (AvgIpc) is 2.30. The Hall–Kier alpha value is -2.50. The minimum atomic E-state index is -0.831. The zero-order valence-electron chi connectivity index (χ0n) is 9.58. The molecular formula is C13H9F3N2O. The fourth-order valence-corrected chi connectivity index (χ4v) is 1.55. The number of benzene rings is 2. The summed E-state index contributed by atoms with van der Waals surface area (Å²) in [5, 5.41) is 2.24. The third-order valence-electron chi connectivity index (χ3n) is 2.38. The molecule has 0 heterocycles. The molecule has 3 N–H and O–H groups in total. The Labute approximate surface area is 106 Å². The van der Waals surface area contributed by atoms with Crippen molar-refractivity contribution >= 4 is 17.3 Å². The van der Waals surface area contributed by atoms with Crippen molar-refractivity contribution in [2.75, 3.05) is 11.1 Å². The van der Waals surface area contributed by atoms with Gasteiger partial charge in [-0.25, -0.2) is 13.2 Å². The highest BCUT2D eigenvalue weighted by Gasteiger charge is 2.12. The highest BCUT2D eigenvalue weighted by molar-refractivity contribution is 6.07. The maximum atomic E-state index is 13.0. The molecule has 0 radical (unpaired) electrons. The van der Waals surface area contributed by atoms with Gasteiger partial charge in [0.25, 0.3) is 5.91 Å². The summed E-state index contributed by atoms with van der Waals surface area (Å²) in [7, 11) is 0. The number of hydrogen-bond acceptors (Lipinski definition) is 2. The maximum absolute atomic E-state index is 13.0. The topological polar surface area (TPSA) is 55.1 Å². The van der Waals surface area contributed by atoms with Gasteiger partial charge in [0, 0.05) is 17.4 Å². The molecule has 0 aliphatic heterocycles. The van der Waals surface area contributed by atoms with E-state index in [2.05, 4.69) is 5.32 Å². The van der Waals surface area contributed by atoms with Gasteiger partial charge >= 0.3 is 0 Å². The standard InChI is InChI=1S/C13H9F3N2O/c14-7-1-2-12(17)11(6-7)13(19)18-10-4-8(15)3-9(16)5-10/h1-6H,17H2,(H,18,19). The Morgan fingerprint density at radius 3 is 2.21 bits per heavy atom. The number of nitrogen functional groups attached to an aromatic ring is 1. The average molecular weight is 266 g/mol. The van der Waals surface area contributed by atoms with E-state index in [1.165, 1.54) is 6.07 Å². The van der Waals surface area contributed by atoms with Crippen LogP contribution >= 0.6 is 0 Å². The van der Waals surface area contributed by atoms with Gasteiger partial charge in [-0.1, -0.05) is 0 Å². The van der Waals surface area contributed by atoms with Crippen molar-refractivity contribution in [3.63, 3.8) is 0 Å². The van der Waals surface area contributed by atoms with Crippen molar-refractivity contribution in [3.8, 4) is 0 Å². The summed E-state index contributed by atoms with van der Waals surface area (Å²) in [5.74, 6) is -3.04. The molecule has 0 spiro atoms. The first kappa shape index (κ1) is 12.9. The quantitative estimate of drug-likeness (QED) is 0.821. The Balaban J connectivity index is 2.28. The van der Waals surface area contributed by atoms with Crippen LogP contribution in [-0.2, 0) is 0 Å². The van der Waals surface area contributed by atoms with E-state index in [-0.39, 0.29) is 16.9 Å². The fourth-order valence-electron chi connectivity index (χ4n) is 1.55. The molecule has 0 bridgehead atoms. The molecule has 0 fully saturated rings. The van der Waals surface area contributed by atoms with Gasteiger partial charge in [0.1, 0.15) is 17.5 Å². The molecule has 2 rings (SSSR count). The largest absolute Gasteiger partial charge is 0.398 e. The van der Waals surface area contributed by atoms with Gasteiger partial charge in [-0.05, 0) is 30.3 Å². The van der Waals surface area contributed by atoms with Gasteiger partial charge in [0.15, 0.2) is 0 Å². The molecule has 6 heteroatoms. The molecule has 0 aliphatic carbocycles. The van der Waals surface area contributed by atoms with Crippen LogP contribution in [0.1, 0.15) is 10.4 Å². The Morgan fingerprint density at radius 2 is 1.58 bits per heavy atom. The van der Waals surface area contributed by atoms with Crippen molar-refractivity contribution in [3.05, 3.63) is 59.4 Å². The van der Waals surface area contributed by atoms with Gasteiger partial charge in [-0.2, -0.15) is 0 Å². The van der Waals surface area contributed by atoms with E-state index in [4.69, 9.17) is 5.73 Å². The summed E-state index contributed by atoms with van der Waals surface area (Å²) in [6.45, 7) is 0. The summed E-state index contributed by atoms with van der Waals surface area (Å²) in [6, 6.07) is 5.84. The first-order chi connectivity index (χ1) is 8.95. The highest BCUT2D eigenvalue weighted by Crippen LogP contribution is 2.17. The van der Waals surface area contributed by atoms with Crippen LogP contribution in [0.3, 0.4) is 0 Å². The van der Waals surface area contributed by atoms with Crippen molar-refractivity contribution in [1.29, 1.82) is 0 Å². The van der Waals surface area contributed by atoms with Crippen LogP contribution in [0.25, 0.3) is 0 Å². The van der Waals surface area contributed by atoms with Gasteiger partial charge < -0.3 is 11.1 Å². The number of hydrogen-bond donors (Lipinski definition) is 2. The van der Waals surface area contributed by atoms with Crippen molar-refractivity contribution in [2.24, 2.45) is 0 Å². The molecule has 3 nitrogen and oxygen atoms in total. The Morgan fingerprint density at radius 1 is 0.947 bits per heavy atom. The zero-order chi connectivity index (χ0) is 14.0. The summed E-state index contributed by atoms with van der Waals surface area (Å²) in [6.07, 6.45) is 0. The third-order valence-corrected chi connectivity index (χ3v) is 2.38. The van der Waals surface area contributed by atoms with Crippen LogP contribution in [0.15, 0.2) is 36.4 Å². The molecule has 2 aromatic carbocycles. The molecule has 0 atom stereocenters. The molecule has 0 saturated heterocycles. The molecule has 19 heavy (non-hydrogen) atoms. The molecule has 0 aliphatic rings. The van der Waals surface area contributed by atoms with Crippen molar-refractivity contribution in [1.82, 2.24) is 0 Å². The van der Waals surface area contributed by atoms with Crippen LogP contribution in [0, 0.1) is 17.5 Å². The minimum Gasteiger partial charge on any atom is -0.398 e. The lowest BCUT2D eigenvalue weighted by atomic mass is 10.1. The second-order valence-electron chi connectivity index (χ2n) is 3.84. The first-order valence-electron chi connectivity index (χ1n) is 5.28.